The number of hydrogen-bond donors (Lipinski definition) is 2. The molecule has 2 aromatic rings. The zero-order valence-corrected chi connectivity index (χ0v) is 11.8. The Labute approximate surface area is 124 Å². The lowest BCUT2D eigenvalue weighted by Gasteiger charge is -2.08. The minimum absolute atomic E-state index is 0.0106. The Morgan fingerprint density at radius 2 is 1.95 bits per heavy atom. The Bertz CT molecular complexity index is 573. The van der Waals surface area contributed by atoms with E-state index < -0.39 is 0 Å². The maximum Gasteiger partial charge on any atom is 0.220 e. The number of aromatic nitrogens is 1. The van der Waals surface area contributed by atoms with Gasteiger partial charge in [0.05, 0.1) is 12.3 Å². The van der Waals surface area contributed by atoms with Crippen LogP contribution < -0.4 is 15.8 Å². The first-order chi connectivity index (χ1) is 10.3. The molecule has 0 aliphatic rings. The second-order valence-corrected chi connectivity index (χ2v) is 4.62. The van der Waals surface area contributed by atoms with Gasteiger partial charge in [-0.3, -0.25) is 9.78 Å². The first-order valence-corrected chi connectivity index (χ1v) is 6.88. The lowest BCUT2D eigenvalue weighted by molar-refractivity contribution is -0.121. The van der Waals surface area contributed by atoms with E-state index in [0.29, 0.717) is 37.4 Å². The van der Waals surface area contributed by atoms with Crippen molar-refractivity contribution in [3.63, 3.8) is 0 Å². The molecule has 1 amide bonds. The highest BCUT2D eigenvalue weighted by atomic mass is 16.5. The zero-order chi connectivity index (χ0) is 14.9. The minimum atomic E-state index is 0.0106. The third kappa shape index (κ3) is 5.14. The third-order valence-electron chi connectivity index (χ3n) is 2.96. The van der Waals surface area contributed by atoms with Crippen molar-refractivity contribution in [1.82, 2.24) is 10.3 Å². The summed E-state index contributed by atoms with van der Waals surface area (Å²) in [5.74, 6) is 0.672. The number of amides is 1. The van der Waals surface area contributed by atoms with Gasteiger partial charge in [-0.25, -0.2) is 0 Å². The summed E-state index contributed by atoms with van der Waals surface area (Å²) in [6.07, 6.45) is 4.49. The maximum atomic E-state index is 11.7. The van der Waals surface area contributed by atoms with Crippen LogP contribution in [-0.4, -0.2) is 17.5 Å². The fourth-order valence-electron chi connectivity index (χ4n) is 1.82. The molecule has 0 radical (unpaired) electrons. The minimum Gasteiger partial charge on any atom is -0.491 e. The Hall–Kier alpha value is -2.56. The standard InChI is InChI=1S/C16H19N3O2/c17-14-4-1-2-5-15(14)21-11-3-6-16(20)19-12-13-7-9-18-10-8-13/h1-2,4-5,7-10H,3,6,11-12,17H2,(H,19,20). The van der Waals surface area contributed by atoms with E-state index in [4.69, 9.17) is 10.5 Å². The normalized spacial score (nSPS) is 10.1. The number of nitrogens with one attached hydrogen (secondary N) is 1. The molecule has 0 fully saturated rings. The van der Waals surface area contributed by atoms with E-state index in [1.165, 1.54) is 0 Å². The summed E-state index contributed by atoms with van der Waals surface area (Å²) in [6.45, 7) is 0.991. The van der Waals surface area contributed by atoms with Crippen molar-refractivity contribution >= 4 is 11.6 Å². The fourth-order valence-corrected chi connectivity index (χ4v) is 1.82. The molecule has 0 aliphatic carbocycles. The van der Waals surface area contributed by atoms with Gasteiger partial charge >= 0.3 is 0 Å². The van der Waals surface area contributed by atoms with Crippen molar-refractivity contribution in [2.75, 3.05) is 12.3 Å². The quantitative estimate of drug-likeness (QED) is 0.603. The van der Waals surface area contributed by atoms with Crippen LogP contribution >= 0.6 is 0 Å². The molecule has 1 aromatic carbocycles. The number of benzene rings is 1. The van der Waals surface area contributed by atoms with E-state index in [1.54, 1.807) is 18.5 Å². The number of rotatable bonds is 7. The van der Waals surface area contributed by atoms with E-state index in [-0.39, 0.29) is 5.91 Å². The molecular weight excluding hydrogens is 266 g/mol. The van der Waals surface area contributed by atoms with Gasteiger partial charge in [0.25, 0.3) is 0 Å². The molecule has 0 atom stereocenters. The highest BCUT2D eigenvalue weighted by molar-refractivity contribution is 5.75. The van der Waals surface area contributed by atoms with Crippen molar-refractivity contribution in [3.05, 3.63) is 54.4 Å². The summed E-state index contributed by atoms with van der Waals surface area (Å²) in [5, 5.41) is 2.86. The van der Waals surface area contributed by atoms with Crippen LogP contribution in [0.4, 0.5) is 5.69 Å². The van der Waals surface area contributed by atoms with Gasteiger partial charge in [-0.1, -0.05) is 12.1 Å². The second-order valence-electron chi connectivity index (χ2n) is 4.62. The highest BCUT2D eigenvalue weighted by Gasteiger charge is 2.03. The summed E-state index contributed by atoms with van der Waals surface area (Å²) in [4.78, 5) is 15.6. The molecule has 0 unspecified atom stereocenters. The van der Waals surface area contributed by atoms with Gasteiger partial charge in [0.15, 0.2) is 0 Å². The molecule has 0 aliphatic heterocycles. The van der Waals surface area contributed by atoms with E-state index in [2.05, 4.69) is 10.3 Å². The van der Waals surface area contributed by atoms with E-state index in [1.807, 2.05) is 30.3 Å². The zero-order valence-electron chi connectivity index (χ0n) is 11.8. The lowest BCUT2D eigenvalue weighted by atomic mass is 10.2. The SMILES string of the molecule is Nc1ccccc1OCCCC(=O)NCc1ccncc1. The Balaban J connectivity index is 1.62. The average molecular weight is 285 g/mol. The van der Waals surface area contributed by atoms with E-state index >= 15 is 0 Å². The predicted molar refractivity (Wildman–Crippen MR) is 81.7 cm³/mol. The molecule has 0 saturated heterocycles. The van der Waals surface area contributed by atoms with Gasteiger partial charge in [-0.05, 0) is 36.2 Å². The van der Waals surface area contributed by atoms with Crippen LogP contribution in [0.2, 0.25) is 0 Å². The first kappa shape index (κ1) is 14.8. The number of nitrogen functional groups attached to an aromatic ring is 1. The van der Waals surface area contributed by atoms with Crippen molar-refractivity contribution < 1.29 is 9.53 Å². The van der Waals surface area contributed by atoms with Gasteiger partial charge in [-0.2, -0.15) is 0 Å². The highest BCUT2D eigenvalue weighted by Crippen LogP contribution is 2.19. The Morgan fingerprint density at radius 1 is 1.19 bits per heavy atom. The van der Waals surface area contributed by atoms with Crippen molar-refractivity contribution in [2.45, 2.75) is 19.4 Å². The molecular formula is C16H19N3O2. The number of para-hydroxylation sites is 2. The molecule has 0 bridgehead atoms. The van der Waals surface area contributed by atoms with Crippen LogP contribution in [0, 0.1) is 0 Å². The van der Waals surface area contributed by atoms with Crippen molar-refractivity contribution in [2.24, 2.45) is 0 Å². The van der Waals surface area contributed by atoms with Crippen LogP contribution in [0.5, 0.6) is 5.75 Å². The number of carbonyl (C=O) groups is 1. The molecule has 0 saturated carbocycles. The van der Waals surface area contributed by atoms with Crippen molar-refractivity contribution in [3.8, 4) is 5.75 Å². The number of nitrogens with zero attached hydrogens (tertiary/aromatic N) is 1. The topological polar surface area (TPSA) is 77.2 Å². The maximum absolute atomic E-state index is 11.7. The fraction of sp³-hybridized carbons (Fsp3) is 0.250. The largest absolute Gasteiger partial charge is 0.491 e. The van der Waals surface area contributed by atoms with Crippen LogP contribution in [-0.2, 0) is 11.3 Å². The van der Waals surface area contributed by atoms with Gasteiger partial charge in [0, 0.05) is 25.4 Å². The van der Waals surface area contributed by atoms with Gasteiger partial charge < -0.3 is 15.8 Å². The lowest BCUT2D eigenvalue weighted by Crippen LogP contribution is -2.23. The van der Waals surface area contributed by atoms with E-state index in [9.17, 15) is 4.79 Å². The Morgan fingerprint density at radius 3 is 2.71 bits per heavy atom. The number of pyridine rings is 1. The first-order valence-electron chi connectivity index (χ1n) is 6.88. The molecule has 21 heavy (non-hydrogen) atoms. The molecule has 5 nitrogen and oxygen atoms in total. The molecule has 1 heterocycles. The molecule has 3 N–H and O–H groups in total. The van der Waals surface area contributed by atoms with Gasteiger partial charge in [0.2, 0.25) is 5.91 Å². The average Bonchev–Trinajstić information content (AvgIpc) is 2.52. The Kier molecular flexibility index (Phi) is 5.58. The van der Waals surface area contributed by atoms with Gasteiger partial charge in [-0.15, -0.1) is 0 Å². The third-order valence-corrected chi connectivity index (χ3v) is 2.96. The number of ether oxygens (including phenoxy) is 1. The van der Waals surface area contributed by atoms with E-state index in [0.717, 1.165) is 5.56 Å². The molecule has 2 rings (SSSR count). The summed E-state index contributed by atoms with van der Waals surface area (Å²) < 4.78 is 5.54. The molecule has 5 heteroatoms. The van der Waals surface area contributed by atoms with Crippen LogP contribution in [0.3, 0.4) is 0 Å². The van der Waals surface area contributed by atoms with Crippen molar-refractivity contribution in [1.29, 1.82) is 0 Å². The monoisotopic (exact) mass is 285 g/mol. The van der Waals surface area contributed by atoms with Crippen LogP contribution in [0.15, 0.2) is 48.8 Å². The summed E-state index contributed by atoms with van der Waals surface area (Å²) >= 11 is 0. The van der Waals surface area contributed by atoms with Gasteiger partial charge in [0.1, 0.15) is 5.75 Å². The predicted octanol–water partition coefficient (Wildman–Crippen LogP) is 2.14. The van der Waals surface area contributed by atoms with Crippen LogP contribution in [0.1, 0.15) is 18.4 Å². The summed E-state index contributed by atoms with van der Waals surface area (Å²) in [6, 6.07) is 11.1. The number of anilines is 1. The molecule has 0 spiro atoms. The smallest absolute Gasteiger partial charge is 0.220 e. The second kappa shape index (κ2) is 7.89. The number of carbonyl (C=O) groups excluding carboxylic acids is 1. The van der Waals surface area contributed by atoms with Crippen LogP contribution in [0.25, 0.3) is 0 Å². The number of nitrogens with two attached hydrogens (primary N) is 1. The summed E-state index contributed by atoms with van der Waals surface area (Å²) in [7, 11) is 0. The number of hydrogen-bond acceptors (Lipinski definition) is 4. The molecule has 110 valence electrons. The summed E-state index contributed by atoms with van der Waals surface area (Å²) in [5.41, 5.74) is 7.41. The molecule has 1 aromatic heterocycles.